The maximum Gasteiger partial charge on any atom is 0.265 e. The quantitative estimate of drug-likeness (QED) is 0.680. The molecule has 0 atom stereocenters. The van der Waals surface area contributed by atoms with E-state index < -0.39 is 0 Å². The lowest BCUT2D eigenvalue weighted by Gasteiger charge is -2.28. The van der Waals surface area contributed by atoms with Gasteiger partial charge in [0.1, 0.15) is 6.33 Å². The largest absolute Gasteiger partial charge is 0.378 e. The molecule has 1 aliphatic heterocycles. The molecule has 1 aromatic heterocycles. The van der Waals surface area contributed by atoms with Gasteiger partial charge in [-0.1, -0.05) is 15.9 Å². The molecule has 2 aromatic carbocycles. The fraction of sp³-hybridized carbons (Fsp3) is 0.222. The van der Waals surface area contributed by atoms with Gasteiger partial charge in [0.2, 0.25) is 0 Å². The number of benzene rings is 2. The van der Waals surface area contributed by atoms with Crippen LogP contribution in [0.25, 0.3) is 16.6 Å². The lowest BCUT2D eigenvalue weighted by atomic mass is 10.2. The number of hydrogen-bond donors (Lipinski definition) is 0. The fourth-order valence-corrected chi connectivity index (χ4v) is 3.28. The minimum absolute atomic E-state index is 0.0691. The van der Waals surface area contributed by atoms with Gasteiger partial charge in [-0.2, -0.15) is 0 Å². The topological polar surface area (TPSA) is 47.4 Å². The van der Waals surface area contributed by atoms with E-state index in [2.05, 4.69) is 25.8 Å². The summed E-state index contributed by atoms with van der Waals surface area (Å²) in [7, 11) is 0. The van der Waals surface area contributed by atoms with Gasteiger partial charge in [0.15, 0.2) is 0 Å². The van der Waals surface area contributed by atoms with Crippen molar-refractivity contribution in [2.24, 2.45) is 0 Å². The Kier molecular flexibility index (Phi) is 4.08. The average molecular weight is 386 g/mol. The molecule has 2 heterocycles. The molecule has 5 nitrogen and oxygen atoms in total. The summed E-state index contributed by atoms with van der Waals surface area (Å²) in [5.41, 5.74) is 2.59. The van der Waals surface area contributed by atoms with E-state index >= 15 is 0 Å². The van der Waals surface area contributed by atoms with Crippen molar-refractivity contribution >= 4 is 32.5 Å². The van der Waals surface area contributed by atoms with Crippen LogP contribution < -0.4 is 10.5 Å². The Balaban J connectivity index is 1.72. The minimum Gasteiger partial charge on any atom is -0.378 e. The number of ether oxygens (including phenoxy) is 1. The Hall–Kier alpha value is -2.18. The first kappa shape index (κ1) is 15.4. The standard InChI is InChI=1S/C18H16BrN3O2/c19-13-1-6-17-16(11-13)18(23)22(12-20-17)15-4-2-14(3-5-15)21-7-9-24-10-8-21/h1-6,11-12H,7-10H2. The van der Waals surface area contributed by atoms with Crippen molar-refractivity contribution in [2.75, 3.05) is 31.2 Å². The van der Waals surface area contributed by atoms with Crippen LogP contribution in [-0.2, 0) is 4.74 Å². The van der Waals surface area contributed by atoms with E-state index in [4.69, 9.17) is 4.74 Å². The van der Waals surface area contributed by atoms with E-state index in [1.165, 1.54) is 0 Å². The Morgan fingerprint density at radius 1 is 1.00 bits per heavy atom. The molecule has 1 saturated heterocycles. The first-order valence-corrected chi connectivity index (χ1v) is 8.62. The molecule has 24 heavy (non-hydrogen) atoms. The monoisotopic (exact) mass is 385 g/mol. The summed E-state index contributed by atoms with van der Waals surface area (Å²) in [4.78, 5) is 19.4. The summed E-state index contributed by atoms with van der Waals surface area (Å²) in [5.74, 6) is 0. The third-order valence-electron chi connectivity index (χ3n) is 4.22. The SMILES string of the molecule is O=c1c2cc(Br)ccc2ncn1-c1ccc(N2CCOCC2)cc1. The molecule has 4 rings (SSSR count). The second kappa shape index (κ2) is 6.37. The Bertz CT molecular complexity index is 931. The highest BCUT2D eigenvalue weighted by molar-refractivity contribution is 9.10. The van der Waals surface area contributed by atoms with Crippen LogP contribution in [0, 0.1) is 0 Å². The Morgan fingerprint density at radius 2 is 1.71 bits per heavy atom. The summed E-state index contributed by atoms with van der Waals surface area (Å²) in [6.07, 6.45) is 1.59. The van der Waals surface area contributed by atoms with E-state index in [1.54, 1.807) is 10.9 Å². The van der Waals surface area contributed by atoms with Crippen LogP contribution in [0.15, 0.2) is 58.1 Å². The van der Waals surface area contributed by atoms with E-state index in [9.17, 15) is 4.79 Å². The van der Waals surface area contributed by atoms with Crippen molar-refractivity contribution in [3.05, 3.63) is 63.6 Å². The molecule has 3 aromatic rings. The highest BCUT2D eigenvalue weighted by atomic mass is 79.9. The lowest BCUT2D eigenvalue weighted by molar-refractivity contribution is 0.122. The molecule has 0 aliphatic carbocycles. The Labute approximate surface area is 147 Å². The van der Waals surface area contributed by atoms with Crippen LogP contribution in [0.1, 0.15) is 0 Å². The fourth-order valence-electron chi connectivity index (χ4n) is 2.92. The molecular formula is C18H16BrN3O2. The average Bonchev–Trinajstić information content (AvgIpc) is 2.63. The lowest BCUT2D eigenvalue weighted by Crippen LogP contribution is -2.36. The Morgan fingerprint density at radius 3 is 2.46 bits per heavy atom. The maximum absolute atomic E-state index is 12.7. The molecular weight excluding hydrogens is 370 g/mol. The number of nitrogens with zero attached hydrogens (tertiary/aromatic N) is 3. The molecule has 0 bridgehead atoms. The zero-order valence-electron chi connectivity index (χ0n) is 13.0. The number of morpholine rings is 1. The van der Waals surface area contributed by atoms with Gasteiger partial charge in [0, 0.05) is 23.2 Å². The second-order valence-electron chi connectivity index (χ2n) is 5.70. The molecule has 1 fully saturated rings. The van der Waals surface area contributed by atoms with Gasteiger partial charge in [0.25, 0.3) is 5.56 Å². The smallest absolute Gasteiger partial charge is 0.265 e. The van der Waals surface area contributed by atoms with E-state index in [-0.39, 0.29) is 5.56 Å². The zero-order chi connectivity index (χ0) is 16.5. The summed E-state index contributed by atoms with van der Waals surface area (Å²) in [6, 6.07) is 13.5. The van der Waals surface area contributed by atoms with Crippen molar-refractivity contribution in [3.63, 3.8) is 0 Å². The van der Waals surface area contributed by atoms with Crippen LogP contribution in [-0.4, -0.2) is 35.9 Å². The van der Waals surface area contributed by atoms with E-state index in [0.29, 0.717) is 10.9 Å². The number of fused-ring (bicyclic) bond motifs is 1. The maximum atomic E-state index is 12.7. The molecule has 0 saturated carbocycles. The molecule has 0 unspecified atom stereocenters. The van der Waals surface area contributed by atoms with Gasteiger partial charge in [-0.05, 0) is 42.5 Å². The molecule has 0 spiro atoms. The van der Waals surface area contributed by atoms with Crippen LogP contribution in [0.2, 0.25) is 0 Å². The van der Waals surface area contributed by atoms with Gasteiger partial charge in [0.05, 0.1) is 29.8 Å². The summed E-state index contributed by atoms with van der Waals surface area (Å²) < 4.78 is 7.83. The first-order chi connectivity index (χ1) is 11.7. The molecule has 0 radical (unpaired) electrons. The summed E-state index contributed by atoms with van der Waals surface area (Å²) in [5, 5.41) is 0.601. The van der Waals surface area contributed by atoms with Crippen molar-refractivity contribution in [1.82, 2.24) is 9.55 Å². The van der Waals surface area contributed by atoms with Crippen LogP contribution in [0.3, 0.4) is 0 Å². The number of aromatic nitrogens is 2. The van der Waals surface area contributed by atoms with Crippen molar-refractivity contribution in [1.29, 1.82) is 0 Å². The zero-order valence-corrected chi connectivity index (χ0v) is 14.6. The van der Waals surface area contributed by atoms with Gasteiger partial charge < -0.3 is 9.64 Å². The van der Waals surface area contributed by atoms with Crippen molar-refractivity contribution in [2.45, 2.75) is 0 Å². The highest BCUT2D eigenvalue weighted by Gasteiger charge is 2.12. The van der Waals surface area contributed by atoms with Gasteiger partial charge in [-0.15, -0.1) is 0 Å². The van der Waals surface area contributed by atoms with Crippen molar-refractivity contribution < 1.29 is 4.74 Å². The third kappa shape index (κ3) is 2.83. The number of hydrogen-bond acceptors (Lipinski definition) is 4. The highest BCUT2D eigenvalue weighted by Crippen LogP contribution is 2.19. The number of rotatable bonds is 2. The van der Waals surface area contributed by atoms with Gasteiger partial charge >= 0.3 is 0 Å². The molecule has 6 heteroatoms. The van der Waals surface area contributed by atoms with E-state index in [1.807, 2.05) is 42.5 Å². The molecule has 0 N–H and O–H groups in total. The van der Waals surface area contributed by atoms with Gasteiger partial charge in [-0.3, -0.25) is 9.36 Å². The van der Waals surface area contributed by atoms with E-state index in [0.717, 1.165) is 42.2 Å². The summed E-state index contributed by atoms with van der Waals surface area (Å²) in [6.45, 7) is 3.30. The second-order valence-corrected chi connectivity index (χ2v) is 6.61. The first-order valence-electron chi connectivity index (χ1n) is 7.82. The number of anilines is 1. The predicted molar refractivity (Wildman–Crippen MR) is 98.1 cm³/mol. The third-order valence-corrected chi connectivity index (χ3v) is 4.72. The molecule has 122 valence electrons. The minimum atomic E-state index is -0.0691. The molecule has 1 aliphatic rings. The van der Waals surface area contributed by atoms with Crippen LogP contribution in [0.5, 0.6) is 0 Å². The van der Waals surface area contributed by atoms with Crippen LogP contribution >= 0.6 is 15.9 Å². The van der Waals surface area contributed by atoms with Crippen molar-refractivity contribution in [3.8, 4) is 5.69 Å². The van der Waals surface area contributed by atoms with Crippen LogP contribution in [0.4, 0.5) is 5.69 Å². The predicted octanol–water partition coefficient (Wildman–Crippen LogP) is 2.98. The van der Waals surface area contributed by atoms with Gasteiger partial charge in [-0.25, -0.2) is 4.98 Å². The molecule has 0 amide bonds. The summed E-state index contributed by atoms with van der Waals surface area (Å²) >= 11 is 3.41. The normalized spacial score (nSPS) is 15.0. The number of halogens is 1.